The highest BCUT2D eigenvalue weighted by molar-refractivity contribution is 5.90. The van der Waals surface area contributed by atoms with Gasteiger partial charge in [0.2, 0.25) is 0 Å². The number of anilines is 1. The number of nitrogens with zero attached hydrogens (tertiary/aromatic N) is 3. The molecule has 0 spiro atoms. The van der Waals surface area contributed by atoms with Crippen LogP contribution in [0.3, 0.4) is 0 Å². The Kier molecular flexibility index (Phi) is 3.72. The lowest BCUT2D eigenvalue weighted by molar-refractivity contribution is -0.149. The minimum atomic E-state index is -0.777. The van der Waals surface area contributed by atoms with E-state index in [0.717, 1.165) is 25.1 Å². The van der Waals surface area contributed by atoms with Crippen LogP contribution < -0.4 is 5.32 Å². The van der Waals surface area contributed by atoms with E-state index in [0.29, 0.717) is 18.7 Å². The molecule has 1 aliphatic heterocycles. The molecule has 2 aliphatic rings. The van der Waals surface area contributed by atoms with Gasteiger partial charge in [-0.3, -0.25) is 4.79 Å². The number of carbonyl (C=O) groups is 2. The first kappa shape index (κ1) is 14.7. The Balaban J connectivity index is 1.67. The van der Waals surface area contributed by atoms with Crippen LogP contribution in [0.5, 0.6) is 0 Å². The van der Waals surface area contributed by atoms with Crippen molar-refractivity contribution in [3.63, 3.8) is 0 Å². The number of nitrogens with one attached hydrogen (secondary N) is 1. The zero-order valence-electron chi connectivity index (χ0n) is 12.6. The Morgan fingerprint density at radius 1 is 1.45 bits per heavy atom. The second-order valence-corrected chi connectivity index (χ2v) is 6.10. The van der Waals surface area contributed by atoms with Crippen molar-refractivity contribution in [2.24, 2.45) is 11.3 Å². The van der Waals surface area contributed by atoms with Crippen molar-refractivity contribution in [3.8, 4) is 0 Å². The van der Waals surface area contributed by atoms with E-state index in [9.17, 15) is 14.7 Å². The van der Waals surface area contributed by atoms with E-state index in [4.69, 9.17) is 0 Å². The number of likely N-dealkylation sites (tertiary alicyclic amines) is 1. The number of carboxylic acids is 1. The van der Waals surface area contributed by atoms with Crippen molar-refractivity contribution in [3.05, 3.63) is 18.2 Å². The number of amides is 2. The maximum Gasteiger partial charge on any atom is 0.321 e. The maximum absolute atomic E-state index is 12.3. The summed E-state index contributed by atoms with van der Waals surface area (Å²) in [5.41, 5.74) is -0.219. The maximum atomic E-state index is 12.3. The molecule has 0 radical (unpaired) electrons. The SMILES string of the molecule is CCc1ncc(NC(=O)N2C[C@@H]3CCC[C@@]3(C(=O)O)C2)cn1. The Bertz CT molecular complexity index is 589. The zero-order valence-corrected chi connectivity index (χ0v) is 12.6. The van der Waals surface area contributed by atoms with E-state index in [-0.39, 0.29) is 18.5 Å². The van der Waals surface area contributed by atoms with Gasteiger partial charge in [-0.15, -0.1) is 0 Å². The molecular weight excluding hydrogens is 284 g/mol. The number of aliphatic carboxylic acids is 1. The molecule has 0 aromatic carbocycles. The van der Waals surface area contributed by atoms with Crippen LogP contribution in [0, 0.1) is 11.3 Å². The van der Waals surface area contributed by atoms with Gasteiger partial charge in [0, 0.05) is 19.5 Å². The van der Waals surface area contributed by atoms with Gasteiger partial charge in [-0.2, -0.15) is 0 Å². The van der Waals surface area contributed by atoms with E-state index < -0.39 is 11.4 Å². The molecule has 2 heterocycles. The van der Waals surface area contributed by atoms with Crippen LogP contribution in [0.1, 0.15) is 32.0 Å². The number of hydrogen-bond acceptors (Lipinski definition) is 4. The number of rotatable bonds is 3. The summed E-state index contributed by atoms with van der Waals surface area (Å²) in [5, 5.41) is 12.3. The highest BCUT2D eigenvalue weighted by Gasteiger charge is 2.55. The third-order valence-corrected chi connectivity index (χ3v) is 4.86. The average molecular weight is 304 g/mol. The van der Waals surface area contributed by atoms with Crippen molar-refractivity contribution in [2.75, 3.05) is 18.4 Å². The molecule has 22 heavy (non-hydrogen) atoms. The summed E-state index contributed by atoms with van der Waals surface area (Å²) < 4.78 is 0. The van der Waals surface area contributed by atoms with E-state index in [1.807, 2.05) is 6.92 Å². The van der Waals surface area contributed by atoms with Gasteiger partial charge < -0.3 is 15.3 Å². The van der Waals surface area contributed by atoms with Crippen molar-refractivity contribution in [1.82, 2.24) is 14.9 Å². The molecule has 7 nitrogen and oxygen atoms in total. The fourth-order valence-corrected chi connectivity index (χ4v) is 3.60. The summed E-state index contributed by atoms with van der Waals surface area (Å²) in [6.45, 7) is 2.75. The Labute approximate surface area is 128 Å². The first-order valence-corrected chi connectivity index (χ1v) is 7.65. The fourth-order valence-electron chi connectivity index (χ4n) is 3.60. The Morgan fingerprint density at radius 3 is 2.77 bits per heavy atom. The Hall–Kier alpha value is -2.18. The lowest BCUT2D eigenvalue weighted by atomic mass is 9.81. The van der Waals surface area contributed by atoms with Crippen LogP contribution in [-0.4, -0.2) is 45.1 Å². The summed E-state index contributed by atoms with van der Waals surface area (Å²) in [4.78, 5) is 33.8. The monoisotopic (exact) mass is 304 g/mol. The molecule has 0 unspecified atom stereocenters. The first-order valence-electron chi connectivity index (χ1n) is 7.65. The molecule has 7 heteroatoms. The van der Waals surface area contributed by atoms with Crippen LogP contribution in [0.4, 0.5) is 10.5 Å². The van der Waals surface area contributed by atoms with Crippen molar-refractivity contribution in [2.45, 2.75) is 32.6 Å². The largest absolute Gasteiger partial charge is 0.481 e. The summed E-state index contributed by atoms with van der Waals surface area (Å²) in [7, 11) is 0. The lowest BCUT2D eigenvalue weighted by Gasteiger charge is -2.23. The number of aryl methyl sites for hydroxylation is 1. The van der Waals surface area contributed by atoms with E-state index in [1.54, 1.807) is 17.3 Å². The fraction of sp³-hybridized carbons (Fsp3) is 0.600. The highest BCUT2D eigenvalue weighted by atomic mass is 16.4. The van der Waals surface area contributed by atoms with Gasteiger partial charge in [0.25, 0.3) is 0 Å². The van der Waals surface area contributed by atoms with E-state index in [1.165, 1.54) is 0 Å². The van der Waals surface area contributed by atoms with Gasteiger partial charge in [-0.05, 0) is 18.8 Å². The molecule has 0 bridgehead atoms. The number of aromatic nitrogens is 2. The summed E-state index contributed by atoms with van der Waals surface area (Å²) in [6, 6.07) is -0.275. The highest BCUT2D eigenvalue weighted by Crippen LogP contribution is 2.48. The molecule has 118 valence electrons. The molecule has 2 N–H and O–H groups in total. The standard InChI is InChI=1S/C15H20N4O3/c1-2-12-16-6-11(7-17-12)18-14(22)19-8-10-4-3-5-15(10,9-19)13(20)21/h6-7,10H,2-5,8-9H2,1H3,(H,18,22)(H,20,21)/t10-,15+/m0/s1. The third kappa shape index (κ3) is 2.40. The predicted molar refractivity (Wildman–Crippen MR) is 79.4 cm³/mol. The van der Waals surface area contributed by atoms with Crippen molar-refractivity contribution in [1.29, 1.82) is 0 Å². The predicted octanol–water partition coefficient (Wildman–Crippen LogP) is 1.76. The van der Waals surface area contributed by atoms with Crippen LogP contribution in [0.2, 0.25) is 0 Å². The van der Waals surface area contributed by atoms with Crippen LogP contribution >= 0.6 is 0 Å². The summed E-state index contributed by atoms with van der Waals surface area (Å²) in [5.74, 6) is 0.00827. The number of urea groups is 1. The topological polar surface area (TPSA) is 95.4 Å². The molecule has 1 saturated heterocycles. The second kappa shape index (κ2) is 5.55. The smallest absolute Gasteiger partial charge is 0.321 e. The van der Waals surface area contributed by atoms with Crippen molar-refractivity contribution < 1.29 is 14.7 Å². The lowest BCUT2D eigenvalue weighted by Crippen LogP contribution is -2.38. The molecule has 1 aromatic heterocycles. The number of carbonyl (C=O) groups excluding carboxylic acids is 1. The van der Waals surface area contributed by atoms with Crippen LogP contribution in [0.25, 0.3) is 0 Å². The van der Waals surface area contributed by atoms with Crippen LogP contribution in [-0.2, 0) is 11.2 Å². The third-order valence-electron chi connectivity index (χ3n) is 4.86. The van der Waals surface area contributed by atoms with Gasteiger partial charge in [0.05, 0.1) is 23.5 Å². The summed E-state index contributed by atoms with van der Waals surface area (Å²) >= 11 is 0. The quantitative estimate of drug-likeness (QED) is 0.887. The zero-order chi connectivity index (χ0) is 15.7. The molecule has 2 fully saturated rings. The second-order valence-electron chi connectivity index (χ2n) is 6.10. The van der Waals surface area contributed by atoms with Gasteiger partial charge in [-0.25, -0.2) is 14.8 Å². The molecular formula is C15H20N4O3. The van der Waals surface area contributed by atoms with Gasteiger partial charge in [-0.1, -0.05) is 13.3 Å². The molecule has 1 aliphatic carbocycles. The number of hydrogen-bond donors (Lipinski definition) is 2. The first-order chi connectivity index (χ1) is 10.5. The Morgan fingerprint density at radius 2 is 2.18 bits per heavy atom. The molecule has 1 saturated carbocycles. The van der Waals surface area contributed by atoms with Gasteiger partial charge in [0.1, 0.15) is 5.82 Å². The van der Waals surface area contributed by atoms with Crippen LogP contribution in [0.15, 0.2) is 12.4 Å². The van der Waals surface area contributed by atoms with Gasteiger partial charge in [0.15, 0.2) is 0 Å². The van der Waals surface area contributed by atoms with Crippen molar-refractivity contribution >= 4 is 17.7 Å². The number of carboxylic acid groups (broad SMARTS) is 1. The molecule has 3 rings (SSSR count). The normalized spacial score (nSPS) is 26.8. The number of fused-ring (bicyclic) bond motifs is 1. The summed E-state index contributed by atoms with van der Waals surface area (Å²) in [6.07, 6.45) is 6.36. The van der Waals surface area contributed by atoms with E-state index >= 15 is 0 Å². The van der Waals surface area contributed by atoms with E-state index in [2.05, 4.69) is 15.3 Å². The average Bonchev–Trinajstić information content (AvgIpc) is 3.06. The minimum Gasteiger partial charge on any atom is -0.481 e. The molecule has 1 aromatic rings. The molecule has 2 atom stereocenters. The van der Waals surface area contributed by atoms with Gasteiger partial charge >= 0.3 is 12.0 Å². The minimum absolute atomic E-state index is 0.0643. The molecule has 2 amide bonds.